The Kier molecular flexibility index (Phi) is 12.6. The molecular weight excluding hydrogens is 500 g/mol. The first kappa shape index (κ1) is 29.9. The maximum absolute atomic E-state index is 11.3. The second kappa shape index (κ2) is 16.4. The third-order valence-corrected chi connectivity index (χ3v) is 5.92. The van der Waals surface area contributed by atoms with Gasteiger partial charge in [0, 0.05) is 24.5 Å². The van der Waals surface area contributed by atoms with E-state index in [2.05, 4.69) is 13.2 Å². The van der Waals surface area contributed by atoms with Gasteiger partial charge in [0.25, 0.3) is 0 Å². The van der Waals surface area contributed by atoms with Crippen molar-refractivity contribution in [2.75, 3.05) is 13.2 Å². The number of hydrogen-bond acceptors (Lipinski definition) is 8. The summed E-state index contributed by atoms with van der Waals surface area (Å²) in [5.74, 6) is 0.745. The molecule has 8 nitrogen and oxygen atoms in total. The molecular formula is C31H38O8. The highest BCUT2D eigenvalue weighted by molar-refractivity contribution is 5.86. The Labute approximate surface area is 230 Å². The molecule has 0 N–H and O–H groups in total. The van der Waals surface area contributed by atoms with E-state index in [9.17, 15) is 9.59 Å². The van der Waals surface area contributed by atoms with Crippen LogP contribution in [0.15, 0.2) is 73.3 Å². The van der Waals surface area contributed by atoms with Crippen LogP contribution in [-0.2, 0) is 41.8 Å². The third kappa shape index (κ3) is 11.3. The minimum Gasteiger partial charge on any atom is -0.465 e. The van der Waals surface area contributed by atoms with Gasteiger partial charge in [-0.3, -0.25) is 0 Å². The predicted octanol–water partition coefficient (Wildman–Crippen LogP) is 6.03. The molecule has 2 heterocycles. The van der Waals surface area contributed by atoms with Gasteiger partial charge in [-0.2, -0.15) is 0 Å². The first-order chi connectivity index (χ1) is 18.9. The van der Waals surface area contributed by atoms with Gasteiger partial charge in [0.2, 0.25) is 0 Å². The quantitative estimate of drug-likeness (QED) is 0.268. The standard InChI is InChI=1S/C16H20O4.C15H18O4/c1-12(2)16(17)19-11-13-6-8-14(9-7-13)20-15-5-3-4-10-18-15;1-2-14(16)18-11-12-6-8-13(9-7-12)19-15-5-3-4-10-17-15/h6-9,15H,1,3-5,10-11H2,2H3;2,6-9,15H,1,3-5,10-11H2. The molecule has 0 saturated carbocycles. The topological polar surface area (TPSA) is 89.5 Å². The Morgan fingerprint density at radius 1 is 0.795 bits per heavy atom. The average molecular weight is 539 g/mol. The van der Waals surface area contributed by atoms with Crippen LogP contribution in [-0.4, -0.2) is 37.7 Å². The molecule has 0 spiro atoms. The SMILES string of the molecule is C=C(C)C(=O)OCc1ccc(OC2CCCCO2)cc1.C=CC(=O)OCc1ccc(OC2CCCCO2)cc1. The molecule has 2 aromatic rings. The summed E-state index contributed by atoms with van der Waals surface area (Å²) in [4.78, 5) is 22.2. The van der Waals surface area contributed by atoms with Crippen LogP contribution in [0.4, 0.5) is 0 Å². The summed E-state index contributed by atoms with van der Waals surface area (Å²) in [6, 6.07) is 14.9. The molecule has 2 aliphatic heterocycles. The van der Waals surface area contributed by atoms with Crippen LogP contribution in [0.2, 0.25) is 0 Å². The number of esters is 2. The Bertz CT molecular complexity index is 1050. The number of benzene rings is 2. The van der Waals surface area contributed by atoms with Gasteiger partial charge in [-0.25, -0.2) is 9.59 Å². The maximum Gasteiger partial charge on any atom is 0.333 e. The van der Waals surface area contributed by atoms with E-state index >= 15 is 0 Å². The van der Waals surface area contributed by atoms with Gasteiger partial charge >= 0.3 is 11.9 Å². The Balaban J connectivity index is 0.000000216. The van der Waals surface area contributed by atoms with Gasteiger partial charge in [-0.15, -0.1) is 0 Å². The van der Waals surface area contributed by atoms with E-state index < -0.39 is 5.97 Å². The lowest BCUT2D eigenvalue weighted by molar-refractivity contribution is -0.140. The first-order valence-corrected chi connectivity index (χ1v) is 13.3. The van der Waals surface area contributed by atoms with Gasteiger partial charge in [-0.05, 0) is 68.0 Å². The van der Waals surface area contributed by atoms with Gasteiger partial charge < -0.3 is 28.4 Å². The van der Waals surface area contributed by atoms with Crippen LogP contribution in [0, 0.1) is 0 Å². The van der Waals surface area contributed by atoms with Gasteiger partial charge in [0.1, 0.15) is 24.7 Å². The van der Waals surface area contributed by atoms with E-state index in [0.717, 1.165) is 80.4 Å². The zero-order valence-electron chi connectivity index (χ0n) is 22.6. The second-order valence-electron chi connectivity index (χ2n) is 9.28. The lowest BCUT2D eigenvalue weighted by Gasteiger charge is -2.23. The van der Waals surface area contributed by atoms with E-state index in [0.29, 0.717) is 5.57 Å². The highest BCUT2D eigenvalue weighted by Crippen LogP contribution is 2.21. The second-order valence-corrected chi connectivity index (χ2v) is 9.28. The summed E-state index contributed by atoms with van der Waals surface area (Å²) in [7, 11) is 0. The minimum atomic E-state index is -0.420. The molecule has 2 fully saturated rings. The van der Waals surface area contributed by atoms with Crippen molar-refractivity contribution in [3.8, 4) is 11.5 Å². The summed E-state index contributed by atoms with van der Waals surface area (Å²) >= 11 is 0. The number of rotatable bonds is 10. The van der Waals surface area contributed by atoms with E-state index in [1.807, 2.05) is 48.5 Å². The largest absolute Gasteiger partial charge is 0.465 e. The molecule has 0 aromatic heterocycles. The van der Waals surface area contributed by atoms with E-state index in [1.54, 1.807) is 6.92 Å². The summed E-state index contributed by atoms with van der Waals surface area (Å²) in [6.07, 6.45) is 7.21. The summed E-state index contributed by atoms with van der Waals surface area (Å²) in [5, 5.41) is 0. The highest BCUT2D eigenvalue weighted by atomic mass is 16.7. The molecule has 210 valence electrons. The van der Waals surface area contributed by atoms with Crippen molar-refractivity contribution >= 4 is 11.9 Å². The molecule has 2 aromatic carbocycles. The summed E-state index contributed by atoms with van der Waals surface area (Å²) in [5.41, 5.74) is 2.23. The predicted molar refractivity (Wildman–Crippen MR) is 146 cm³/mol. The Morgan fingerprint density at radius 3 is 1.64 bits per heavy atom. The van der Waals surface area contributed by atoms with Gasteiger partial charge in [0.05, 0.1) is 13.2 Å². The smallest absolute Gasteiger partial charge is 0.333 e. The van der Waals surface area contributed by atoms with Crippen LogP contribution < -0.4 is 9.47 Å². The van der Waals surface area contributed by atoms with Crippen molar-refractivity contribution in [3.63, 3.8) is 0 Å². The number of hydrogen-bond donors (Lipinski definition) is 0. The van der Waals surface area contributed by atoms with Crippen LogP contribution in [0.3, 0.4) is 0 Å². The fourth-order valence-corrected chi connectivity index (χ4v) is 3.73. The maximum atomic E-state index is 11.3. The molecule has 4 rings (SSSR count). The lowest BCUT2D eigenvalue weighted by atomic mass is 10.2. The lowest BCUT2D eigenvalue weighted by Crippen LogP contribution is -2.24. The van der Waals surface area contributed by atoms with Crippen LogP contribution in [0.1, 0.15) is 56.6 Å². The summed E-state index contributed by atoms with van der Waals surface area (Å²) < 4.78 is 32.5. The molecule has 2 aliphatic rings. The van der Waals surface area contributed by atoms with Gasteiger partial charge in [-0.1, -0.05) is 37.4 Å². The van der Waals surface area contributed by atoms with Crippen molar-refractivity contribution in [3.05, 3.63) is 84.5 Å². The van der Waals surface area contributed by atoms with Crippen molar-refractivity contribution in [2.24, 2.45) is 0 Å². The fraction of sp³-hybridized carbons (Fsp3) is 0.419. The molecule has 0 radical (unpaired) electrons. The molecule has 2 saturated heterocycles. The normalized spacial score (nSPS) is 18.5. The molecule has 0 amide bonds. The Hall–Kier alpha value is -3.62. The number of carbonyl (C=O) groups is 2. The van der Waals surface area contributed by atoms with Crippen LogP contribution in [0.25, 0.3) is 0 Å². The molecule has 2 atom stereocenters. The van der Waals surface area contributed by atoms with E-state index in [4.69, 9.17) is 28.4 Å². The number of ether oxygens (including phenoxy) is 6. The molecule has 0 bridgehead atoms. The molecule has 2 unspecified atom stereocenters. The van der Waals surface area contributed by atoms with Crippen molar-refractivity contribution < 1.29 is 38.0 Å². The van der Waals surface area contributed by atoms with E-state index in [-0.39, 0.29) is 31.8 Å². The zero-order chi connectivity index (χ0) is 27.9. The van der Waals surface area contributed by atoms with Crippen molar-refractivity contribution in [1.82, 2.24) is 0 Å². The molecule has 39 heavy (non-hydrogen) atoms. The zero-order valence-corrected chi connectivity index (χ0v) is 22.6. The fourth-order valence-electron chi connectivity index (χ4n) is 3.73. The third-order valence-electron chi connectivity index (χ3n) is 5.92. The van der Waals surface area contributed by atoms with Crippen molar-refractivity contribution in [1.29, 1.82) is 0 Å². The van der Waals surface area contributed by atoms with E-state index in [1.165, 1.54) is 0 Å². The minimum absolute atomic E-state index is 0.141. The Morgan fingerprint density at radius 2 is 1.26 bits per heavy atom. The van der Waals surface area contributed by atoms with Crippen molar-refractivity contribution in [2.45, 2.75) is 71.2 Å². The first-order valence-electron chi connectivity index (χ1n) is 13.3. The molecule has 8 heteroatoms. The average Bonchev–Trinajstić information content (AvgIpc) is 2.97. The van der Waals surface area contributed by atoms with Gasteiger partial charge in [0.15, 0.2) is 12.6 Å². The van der Waals surface area contributed by atoms with Crippen LogP contribution in [0.5, 0.6) is 11.5 Å². The monoisotopic (exact) mass is 538 g/mol. The number of carbonyl (C=O) groups excluding carboxylic acids is 2. The highest BCUT2D eigenvalue weighted by Gasteiger charge is 2.16. The summed E-state index contributed by atoms with van der Waals surface area (Å²) in [6.45, 7) is 10.5. The molecule has 0 aliphatic carbocycles. The van der Waals surface area contributed by atoms with Crippen LogP contribution >= 0.6 is 0 Å².